The standard InChI is InChI=1S/C11H16N2O5/c1-7-10(18-8(2)12-7)11(16)13(4-5-17-3)6-9(14)15/h4-6H2,1-3H3,(H,14,15). The molecule has 0 saturated heterocycles. The monoisotopic (exact) mass is 256 g/mol. The van der Waals surface area contributed by atoms with Crippen molar-refractivity contribution in [3.05, 3.63) is 17.3 Å². The SMILES string of the molecule is COCCN(CC(=O)O)C(=O)c1oc(C)nc1C. The number of carboxylic acids is 1. The van der Waals surface area contributed by atoms with Crippen molar-refractivity contribution in [3.8, 4) is 0 Å². The van der Waals surface area contributed by atoms with Crippen LogP contribution in [0.2, 0.25) is 0 Å². The van der Waals surface area contributed by atoms with E-state index in [2.05, 4.69) is 4.98 Å². The maximum absolute atomic E-state index is 12.1. The van der Waals surface area contributed by atoms with Crippen LogP contribution < -0.4 is 0 Å². The summed E-state index contributed by atoms with van der Waals surface area (Å²) in [6, 6.07) is 0. The Morgan fingerprint density at radius 2 is 2.11 bits per heavy atom. The lowest BCUT2D eigenvalue weighted by Crippen LogP contribution is -2.38. The summed E-state index contributed by atoms with van der Waals surface area (Å²) in [6.07, 6.45) is 0. The van der Waals surface area contributed by atoms with Crippen LogP contribution in [0.25, 0.3) is 0 Å². The molecule has 0 unspecified atom stereocenters. The van der Waals surface area contributed by atoms with E-state index in [1.807, 2.05) is 0 Å². The topological polar surface area (TPSA) is 92.9 Å². The summed E-state index contributed by atoms with van der Waals surface area (Å²) >= 11 is 0. The molecule has 1 aromatic heterocycles. The van der Waals surface area contributed by atoms with E-state index in [1.165, 1.54) is 7.11 Å². The Bertz CT molecular complexity index is 441. The van der Waals surface area contributed by atoms with E-state index in [1.54, 1.807) is 13.8 Å². The van der Waals surface area contributed by atoms with Crippen LogP contribution in [0.4, 0.5) is 0 Å². The van der Waals surface area contributed by atoms with Gasteiger partial charge in [-0.2, -0.15) is 0 Å². The molecule has 1 aromatic rings. The first-order valence-corrected chi connectivity index (χ1v) is 5.39. The maximum atomic E-state index is 12.1. The lowest BCUT2D eigenvalue weighted by Gasteiger charge is -2.18. The molecule has 0 fully saturated rings. The first-order valence-electron chi connectivity index (χ1n) is 5.39. The van der Waals surface area contributed by atoms with Gasteiger partial charge in [-0.3, -0.25) is 9.59 Å². The number of aliphatic carboxylic acids is 1. The minimum absolute atomic E-state index is 0.0739. The highest BCUT2D eigenvalue weighted by Crippen LogP contribution is 2.12. The third-order valence-electron chi connectivity index (χ3n) is 2.28. The van der Waals surface area contributed by atoms with Crippen LogP contribution in [-0.4, -0.2) is 53.7 Å². The molecule has 0 aliphatic rings. The van der Waals surface area contributed by atoms with Crippen LogP contribution in [0.15, 0.2) is 4.42 Å². The number of carbonyl (C=O) groups excluding carboxylic acids is 1. The highest BCUT2D eigenvalue weighted by Gasteiger charge is 2.24. The molecule has 0 aromatic carbocycles. The second-order valence-corrected chi connectivity index (χ2v) is 3.76. The lowest BCUT2D eigenvalue weighted by molar-refractivity contribution is -0.137. The van der Waals surface area contributed by atoms with Gasteiger partial charge in [-0.25, -0.2) is 4.98 Å². The number of amides is 1. The molecule has 1 rings (SSSR count). The Labute approximate surface area is 104 Å². The Balaban J connectivity index is 2.87. The first-order chi connectivity index (χ1) is 8.45. The molecule has 0 radical (unpaired) electrons. The summed E-state index contributed by atoms with van der Waals surface area (Å²) in [7, 11) is 1.48. The van der Waals surface area contributed by atoms with Gasteiger partial charge in [-0.15, -0.1) is 0 Å². The minimum atomic E-state index is -1.09. The number of rotatable bonds is 6. The van der Waals surface area contributed by atoms with Gasteiger partial charge < -0.3 is 19.2 Å². The molecule has 7 heteroatoms. The Kier molecular flexibility index (Phi) is 4.85. The van der Waals surface area contributed by atoms with Crippen LogP contribution in [-0.2, 0) is 9.53 Å². The lowest BCUT2D eigenvalue weighted by atomic mass is 10.3. The van der Waals surface area contributed by atoms with E-state index in [0.29, 0.717) is 11.6 Å². The molecule has 0 saturated carbocycles. The van der Waals surface area contributed by atoms with Crippen LogP contribution in [0.1, 0.15) is 22.1 Å². The van der Waals surface area contributed by atoms with Crippen molar-refractivity contribution in [3.63, 3.8) is 0 Å². The largest absolute Gasteiger partial charge is 0.480 e. The van der Waals surface area contributed by atoms with Gasteiger partial charge in [0.05, 0.1) is 12.3 Å². The molecule has 100 valence electrons. The number of ether oxygens (including phenoxy) is 1. The maximum Gasteiger partial charge on any atom is 0.323 e. The van der Waals surface area contributed by atoms with Crippen LogP contribution in [0.3, 0.4) is 0 Å². The van der Waals surface area contributed by atoms with Crippen LogP contribution in [0, 0.1) is 13.8 Å². The average Bonchev–Trinajstić information content (AvgIpc) is 2.62. The number of aromatic nitrogens is 1. The number of hydrogen-bond acceptors (Lipinski definition) is 5. The molecule has 0 atom stereocenters. The molecule has 0 aliphatic carbocycles. The third kappa shape index (κ3) is 3.56. The van der Waals surface area contributed by atoms with Crippen LogP contribution >= 0.6 is 0 Å². The van der Waals surface area contributed by atoms with Crippen molar-refractivity contribution in [1.82, 2.24) is 9.88 Å². The summed E-state index contributed by atoms with van der Waals surface area (Å²) in [5, 5.41) is 8.77. The molecule has 1 N–H and O–H groups in total. The van der Waals surface area contributed by atoms with Crippen LogP contribution in [0.5, 0.6) is 0 Å². The van der Waals surface area contributed by atoms with E-state index < -0.39 is 18.4 Å². The minimum Gasteiger partial charge on any atom is -0.480 e. The molecule has 7 nitrogen and oxygen atoms in total. The number of oxazole rings is 1. The highest BCUT2D eigenvalue weighted by molar-refractivity contribution is 5.94. The normalized spacial score (nSPS) is 10.4. The number of carboxylic acid groups (broad SMARTS) is 1. The summed E-state index contributed by atoms with van der Waals surface area (Å²) in [5.74, 6) is -1.14. The predicted octanol–water partition coefficient (Wildman–Crippen LogP) is 0.465. The van der Waals surface area contributed by atoms with Gasteiger partial charge in [0.25, 0.3) is 5.91 Å². The van der Waals surface area contributed by atoms with Gasteiger partial charge >= 0.3 is 5.97 Å². The van der Waals surface area contributed by atoms with Gasteiger partial charge in [-0.05, 0) is 6.92 Å². The summed E-state index contributed by atoms with van der Waals surface area (Å²) in [4.78, 5) is 27.9. The van der Waals surface area contributed by atoms with Gasteiger partial charge in [0.15, 0.2) is 5.89 Å². The zero-order valence-electron chi connectivity index (χ0n) is 10.6. The molecular formula is C11H16N2O5. The quantitative estimate of drug-likeness (QED) is 0.795. The Morgan fingerprint density at radius 1 is 1.44 bits per heavy atom. The molecule has 0 aliphatic heterocycles. The molecule has 1 heterocycles. The van der Waals surface area contributed by atoms with E-state index >= 15 is 0 Å². The van der Waals surface area contributed by atoms with E-state index in [9.17, 15) is 9.59 Å². The number of carbonyl (C=O) groups is 2. The van der Waals surface area contributed by atoms with Gasteiger partial charge in [0, 0.05) is 20.6 Å². The van der Waals surface area contributed by atoms with Crippen molar-refractivity contribution in [2.45, 2.75) is 13.8 Å². The summed E-state index contributed by atoms with van der Waals surface area (Å²) < 4.78 is 10.0. The van der Waals surface area contributed by atoms with Crippen molar-refractivity contribution in [2.75, 3.05) is 26.8 Å². The third-order valence-corrected chi connectivity index (χ3v) is 2.28. The fourth-order valence-corrected chi connectivity index (χ4v) is 1.49. The molecule has 18 heavy (non-hydrogen) atoms. The summed E-state index contributed by atoms with van der Waals surface area (Å²) in [5.41, 5.74) is 0.449. The fraction of sp³-hybridized carbons (Fsp3) is 0.545. The molecule has 1 amide bonds. The molecular weight excluding hydrogens is 240 g/mol. The van der Waals surface area contributed by atoms with Gasteiger partial charge in [0.2, 0.25) is 5.76 Å². The Morgan fingerprint density at radius 3 is 2.56 bits per heavy atom. The second-order valence-electron chi connectivity index (χ2n) is 3.76. The first kappa shape index (κ1) is 14.2. The van der Waals surface area contributed by atoms with Crippen molar-refractivity contribution >= 4 is 11.9 Å². The second kappa shape index (κ2) is 6.15. The molecule has 0 spiro atoms. The van der Waals surface area contributed by atoms with E-state index in [-0.39, 0.29) is 18.9 Å². The average molecular weight is 256 g/mol. The number of aryl methyl sites for hydroxylation is 2. The van der Waals surface area contributed by atoms with Crippen molar-refractivity contribution < 1.29 is 23.8 Å². The van der Waals surface area contributed by atoms with Crippen molar-refractivity contribution in [2.24, 2.45) is 0 Å². The number of nitrogens with zero attached hydrogens (tertiary/aromatic N) is 2. The smallest absolute Gasteiger partial charge is 0.323 e. The highest BCUT2D eigenvalue weighted by atomic mass is 16.5. The van der Waals surface area contributed by atoms with E-state index in [4.69, 9.17) is 14.3 Å². The van der Waals surface area contributed by atoms with Crippen molar-refractivity contribution in [1.29, 1.82) is 0 Å². The fourth-order valence-electron chi connectivity index (χ4n) is 1.49. The van der Waals surface area contributed by atoms with Gasteiger partial charge in [-0.1, -0.05) is 0 Å². The predicted molar refractivity (Wildman–Crippen MR) is 61.4 cm³/mol. The van der Waals surface area contributed by atoms with Gasteiger partial charge in [0.1, 0.15) is 6.54 Å². The van der Waals surface area contributed by atoms with E-state index in [0.717, 1.165) is 4.90 Å². The Hall–Kier alpha value is -1.89. The zero-order chi connectivity index (χ0) is 13.7. The zero-order valence-corrected chi connectivity index (χ0v) is 10.6. The number of hydrogen-bond donors (Lipinski definition) is 1. The number of methoxy groups -OCH3 is 1. The molecule has 0 bridgehead atoms. The summed E-state index contributed by atoms with van der Waals surface area (Å²) in [6.45, 7) is 3.30.